The van der Waals surface area contributed by atoms with Gasteiger partial charge < -0.3 is 24.9 Å². The molecule has 0 unspecified atom stereocenters. The Morgan fingerprint density at radius 2 is 2.00 bits per heavy atom. The van der Waals surface area contributed by atoms with Crippen molar-refractivity contribution in [2.45, 2.75) is 6.92 Å². The third-order valence-corrected chi connectivity index (χ3v) is 4.02. The van der Waals surface area contributed by atoms with Crippen LogP contribution in [-0.2, 0) is 18.9 Å². The molecule has 8 heteroatoms. The van der Waals surface area contributed by atoms with Gasteiger partial charge in [-0.3, -0.25) is 9.59 Å². The van der Waals surface area contributed by atoms with E-state index in [0.717, 1.165) is 5.52 Å². The van der Waals surface area contributed by atoms with Crippen LogP contribution in [-0.4, -0.2) is 33.0 Å². The Morgan fingerprint density at radius 1 is 1.28 bits per heavy atom. The minimum absolute atomic E-state index is 0.147. The number of fused-ring (bicyclic) bond motifs is 1. The van der Waals surface area contributed by atoms with Crippen LogP contribution in [0.3, 0.4) is 0 Å². The SMILES string of the molecule is COc1c(C(N)=O)cn(C)c1-c1nc2cc(NC(C)=O)ccc2n1C. The smallest absolute Gasteiger partial charge is 0.254 e. The van der Waals surface area contributed by atoms with Gasteiger partial charge in [0.25, 0.3) is 5.91 Å². The lowest BCUT2D eigenvalue weighted by atomic mass is 10.2. The van der Waals surface area contributed by atoms with Crippen LogP contribution in [0.5, 0.6) is 5.75 Å². The van der Waals surface area contributed by atoms with Crippen molar-refractivity contribution in [3.8, 4) is 17.3 Å². The second-order valence-electron chi connectivity index (χ2n) is 5.78. The van der Waals surface area contributed by atoms with Gasteiger partial charge in [-0.15, -0.1) is 0 Å². The minimum atomic E-state index is -0.564. The number of amides is 2. The third-order valence-electron chi connectivity index (χ3n) is 4.02. The molecule has 2 amide bonds. The molecule has 3 rings (SSSR count). The molecule has 0 aliphatic heterocycles. The number of anilines is 1. The Kier molecular flexibility index (Phi) is 3.96. The molecule has 0 spiro atoms. The predicted octanol–water partition coefficient (Wildman–Crippen LogP) is 1.64. The van der Waals surface area contributed by atoms with E-state index in [0.29, 0.717) is 34.0 Å². The fourth-order valence-electron chi connectivity index (χ4n) is 2.94. The number of nitrogens with zero attached hydrogens (tertiary/aromatic N) is 3. The van der Waals surface area contributed by atoms with Crippen LogP contribution in [0.1, 0.15) is 17.3 Å². The molecule has 0 saturated heterocycles. The van der Waals surface area contributed by atoms with E-state index in [1.807, 2.05) is 23.7 Å². The average Bonchev–Trinajstić information content (AvgIpc) is 3.03. The van der Waals surface area contributed by atoms with Gasteiger partial charge in [0.1, 0.15) is 5.69 Å². The van der Waals surface area contributed by atoms with E-state index in [9.17, 15) is 9.59 Å². The standard InChI is InChI=1S/C17H19N5O3/c1-9(23)19-10-5-6-13-12(7-10)20-17(22(13)3)14-15(25-4)11(16(18)24)8-21(14)2/h5-8H,1-4H3,(H2,18,24)(H,19,23). The van der Waals surface area contributed by atoms with E-state index in [1.165, 1.54) is 14.0 Å². The number of carbonyl (C=O) groups is 2. The van der Waals surface area contributed by atoms with Gasteiger partial charge in [-0.05, 0) is 18.2 Å². The Bertz CT molecular complexity index is 1000. The number of rotatable bonds is 4. The Hall–Kier alpha value is -3.29. The molecule has 0 aliphatic carbocycles. The molecule has 2 aromatic heterocycles. The number of aromatic nitrogens is 3. The van der Waals surface area contributed by atoms with Crippen LogP contribution in [0.4, 0.5) is 5.69 Å². The molecule has 1 aromatic carbocycles. The zero-order valence-corrected chi connectivity index (χ0v) is 14.5. The molecule has 3 N–H and O–H groups in total. The number of hydrogen-bond acceptors (Lipinski definition) is 4. The lowest BCUT2D eigenvalue weighted by Crippen LogP contribution is -2.11. The monoisotopic (exact) mass is 341 g/mol. The number of imidazole rings is 1. The fraction of sp³-hybridized carbons (Fsp3) is 0.235. The van der Waals surface area contributed by atoms with Gasteiger partial charge in [0.2, 0.25) is 5.91 Å². The van der Waals surface area contributed by atoms with Crippen molar-refractivity contribution in [2.24, 2.45) is 19.8 Å². The third kappa shape index (κ3) is 2.71. The van der Waals surface area contributed by atoms with Crippen LogP contribution in [0.2, 0.25) is 0 Å². The highest BCUT2D eigenvalue weighted by Crippen LogP contribution is 2.35. The Morgan fingerprint density at radius 3 is 2.60 bits per heavy atom. The summed E-state index contributed by atoms with van der Waals surface area (Å²) in [4.78, 5) is 27.5. The van der Waals surface area contributed by atoms with Crippen LogP contribution in [0.15, 0.2) is 24.4 Å². The molecule has 0 saturated carbocycles. The molecule has 130 valence electrons. The molecular weight excluding hydrogens is 322 g/mol. The minimum Gasteiger partial charge on any atom is -0.494 e. The fourth-order valence-corrected chi connectivity index (χ4v) is 2.94. The lowest BCUT2D eigenvalue weighted by molar-refractivity contribution is -0.114. The topological polar surface area (TPSA) is 104 Å². The lowest BCUT2D eigenvalue weighted by Gasteiger charge is -2.07. The Balaban J connectivity index is 2.21. The number of primary amides is 1. The quantitative estimate of drug-likeness (QED) is 0.753. The summed E-state index contributed by atoms with van der Waals surface area (Å²) in [5, 5.41) is 2.74. The highest BCUT2D eigenvalue weighted by atomic mass is 16.5. The van der Waals surface area contributed by atoms with Crippen molar-refractivity contribution in [2.75, 3.05) is 12.4 Å². The molecule has 0 fully saturated rings. The van der Waals surface area contributed by atoms with Crippen molar-refractivity contribution in [1.29, 1.82) is 0 Å². The van der Waals surface area contributed by atoms with Gasteiger partial charge in [-0.25, -0.2) is 4.98 Å². The number of nitrogens with two attached hydrogens (primary N) is 1. The summed E-state index contributed by atoms with van der Waals surface area (Å²) >= 11 is 0. The van der Waals surface area contributed by atoms with Crippen molar-refractivity contribution in [1.82, 2.24) is 14.1 Å². The molecule has 0 atom stereocenters. The van der Waals surface area contributed by atoms with Crippen LogP contribution in [0.25, 0.3) is 22.6 Å². The summed E-state index contributed by atoms with van der Waals surface area (Å²) in [7, 11) is 5.16. The molecular formula is C17H19N5O3. The van der Waals surface area contributed by atoms with Crippen molar-refractivity contribution in [3.63, 3.8) is 0 Å². The molecule has 2 heterocycles. The van der Waals surface area contributed by atoms with Crippen molar-refractivity contribution >= 4 is 28.5 Å². The second-order valence-corrected chi connectivity index (χ2v) is 5.78. The maximum Gasteiger partial charge on any atom is 0.254 e. The number of hydrogen-bond donors (Lipinski definition) is 2. The maximum atomic E-state index is 11.6. The molecule has 0 aliphatic rings. The molecule has 3 aromatic rings. The van der Waals surface area contributed by atoms with Gasteiger partial charge in [-0.2, -0.15) is 0 Å². The number of ether oxygens (including phenoxy) is 1. The summed E-state index contributed by atoms with van der Waals surface area (Å²) in [5.41, 5.74) is 8.64. The molecule has 0 radical (unpaired) electrons. The predicted molar refractivity (Wildman–Crippen MR) is 94.5 cm³/mol. The van der Waals surface area contributed by atoms with E-state index < -0.39 is 5.91 Å². The molecule has 25 heavy (non-hydrogen) atoms. The first-order valence-corrected chi connectivity index (χ1v) is 7.61. The first-order chi connectivity index (χ1) is 11.8. The van der Waals surface area contributed by atoms with Crippen molar-refractivity contribution < 1.29 is 14.3 Å². The van der Waals surface area contributed by atoms with E-state index in [2.05, 4.69) is 10.3 Å². The van der Waals surface area contributed by atoms with Crippen molar-refractivity contribution in [3.05, 3.63) is 30.0 Å². The summed E-state index contributed by atoms with van der Waals surface area (Å²) in [6.45, 7) is 1.45. The van der Waals surface area contributed by atoms with Gasteiger partial charge in [0.05, 0.1) is 23.7 Å². The number of carbonyl (C=O) groups excluding carboxylic acids is 2. The van der Waals surface area contributed by atoms with E-state index in [4.69, 9.17) is 10.5 Å². The van der Waals surface area contributed by atoms with E-state index >= 15 is 0 Å². The zero-order valence-electron chi connectivity index (χ0n) is 14.5. The zero-order chi connectivity index (χ0) is 18.3. The normalized spacial score (nSPS) is 10.9. The largest absolute Gasteiger partial charge is 0.494 e. The summed E-state index contributed by atoms with van der Waals surface area (Å²) in [6, 6.07) is 5.48. The van der Waals surface area contributed by atoms with E-state index in [1.54, 1.807) is 23.9 Å². The van der Waals surface area contributed by atoms with E-state index in [-0.39, 0.29) is 5.91 Å². The summed E-state index contributed by atoms with van der Waals surface area (Å²) in [6.07, 6.45) is 1.62. The van der Waals surface area contributed by atoms with Gasteiger partial charge >= 0.3 is 0 Å². The number of methoxy groups -OCH3 is 1. The van der Waals surface area contributed by atoms with Crippen LogP contribution in [0, 0.1) is 0 Å². The highest BCUT2D eigenvalue weighted by molar-refractivity contribution is 5.98. The van der Waals surface area contributed by atoms with Gasteiger partial charge in [-0.1, -0.05) is 0 Å². The summed E-state index contributed by atoms with van der Waals surface area (Å²) in [5.74, 6) is 0.299. The molecule has 0 bridgehead atoms. The van der Waals surface area contributed by atoms with Gasteiger partial charge in [0, 0.05) is 32.9 Å². The number of nitrogens with one attached hydrogen (secondary N) is 1. The maximum absolute atomic E-state index is 11.6. The number of benzene rings is 1. The summed E-state index contributed by atoms with van der Waals surface area (Å²) < 4.78 is 9.07. The molecule has 8 nitrogen and oxygen atoms in total. The Labute approximate surface area is 144 Å². The first-order valence-electron chi connectivity index (χ1n) is 7.61. The second kappa shape index (κ2) is 5.97. The average molecular weight is 341 g/mol. The van der Waals surface area contributed by atoms with Crippen LogP contribution < -0.4 is 15.8 Å². The first kappa shape index (κ1) is 16.6. The van der Waals surface area contributed by atoms with Crippen LogP contribution >= 0.6 is 0 Å². The highest BCUT2D eigenvalue weighted by Gasteiger charge is 2.24. The van der Waals surface area contributed by atoms with Gasteiger partial charge in [0.15, 0.2) is 11.6 Å². The number of aryl methyl sites for hydroxylation is 2.